The van der Waals surface area contributed by atoms with E-state index < -0.39 is 0 Å². The summed E-state index contributed by atoms with van der Waals surface area (Å²) in [6.07, 6.45) is 0.526. The fourth-order valence-electron chi connectivity index (χ4n) is 1.82. The highest BCUT2D eigenvalue weighted by Gasteiger charge is 2.26. The molecule has 1 amide bonds. The molecular formula is C11H13BrN2O. The Morgan fingerprint density at radius 1 is 1.53 bits per heavy atom. The molecule has 1 aromatic carbocycles. The Bertz CT molecular complexity index is 392. The highest BCUT2D eigenvalue weighted by molar-refractivity contribution is 9.10. The number of nitrogens with zero attached hydrogens (tertiary/aromatic N) is 1. The number of halogens is 1. The van der Waals surface area contributed by atoms with Gasteiger partial charge in [-0.1, -0.05) is 15.9 Å². The second-order valence-corrected chi connectivity index (χ2v) is 4.51. The van der Waals surface area contributed by atoms with Gasteiger partial charge in [-0.05, 0) is 30.8 Å². The number of nitrogens with one attached hydrogen (secondary N) is 1. The van der Waals surface area contributed by atoms with E-state index in [0.29, 0.717) is 6.42 Å². The van der Waals surface area contributed by atoms with Crippen molar-refractivity contribution in [3.8, 4) is 0 Å². The van der Waals surface area contributed by atoms with E-state index in [4.69, 9.17) is 0 Å². The molecule has 15 heavy (non-hydrogen) atoms. The molecule has 0 spiro atoms. The van der Waals surface area contributed by atoms with Gasteiger partial charge in [0.15, 0.2) is 0 Å². The normalized spacial score (nSPS) is 14.5. The third-order valence-corrected chi connectivity index (χ3v) is 3.05. The molecule has 0 radical (unpaired) electrons. The van der Waals surface area contributed by atoms with Gasteiger partial charge in [0.25, 0.3) is 0 Å². The van der Waals surface area contributed by atoms with Crippen LogP contribution < -0.4 is 10.2 Å². The molecule has 3 nitrogen and oxygen atoms in total. The maximum Gasteiger partial charge on any atom is 0.231 e. The molecule has 1 aliphatic rings. The monoisotopic (exact) mass is 268 g/mol. The summed E-state index contributed by atoms with van der Waals surface area (Å²) in [4.78, 5) is 13.6. The zero-order valence-corrected chi connectivity index (χ0v) is 10.2. The van der Waals surface area contributed by atoms with Crippen molar-refractivity contribution in [3.05, 3.63) is 28.2 Å². The number of rotatable bonds is 3. The molecule has 1 aromatic rings. The number of hydrogen-bond donors (Lipinski definition) is 1. The summed E-state index contributed by atoms with van der Waals surface area (Å²) >= 11 is 3.42. The lowest BCUT2D eigenvalue weighted by Gasteiger charge is -2.16. The minimum absolute atomic E-state index is 0.193. The number of hydrogen-bond acceptors (Lipinski definition) is 2. The van der Waals surface area contributed by atoms with Crippen LogP contribution in [0.3, 0.4) is 0 Å². The van der Waals surface area contributed by atoms with Gasteiger partial charge in [0.05, 0.1) is 6.42 Å². The van der Waals surface area contributed by atoms with E-state index in [2.05, 4.69) is 21.2 Å². The summed E-state index contributed by atoms with van der Waals surface area (Å²) in [7, 11) is 1.89. The standard InChI is InChI=1S/C11H13BrN2O/c1-13-4-5-14-10-3-2-9(12)6-8(10)7-11(14)15/h2-3,6,13H,4-5,7H2,1H3. The van der Waals surface area contributed by atoms with Gasteiger partial charge < -0.3 is 10.2 Å². The predicted molar refractivity (Wildman–Crippen MR) is 64.1 cm³/mol. The summed E-state index contributed by atoms with van der Waals surface area (Å²) in [6.45, 7) is 1.56. The van der Waals surface area contributed by atoms with E-state index in [-0.39, 0.29) is 5.91 Å². The van der Waals surface area contributed by atoms with Crippen LogP contribution in [0, 0.1) is 0 Å². The number of anilines is 1. The van der Waals surface area contributed by atoms with Gasteiger partial charge in [-0.25, -0.2) is 0 Å². The van der Waals surface area contributed by atoms with Crippen LogP contribution in [0.5, 0.6) is 0 Å². The summed E-state index contributed by atoms with van der Waals surface area (Å²) < 4.78 is 1.03. The average Bonchev–Trinajstić information content (AvgIpc) is 2.50. The Labute approximate surface area is 97.6 Å². The fourth-order valence-corrected chi connectivity index (χ4v) is 2.23. The van der Waals surface area contributed by atoms with Crippen LogP contribution in [-0.2, 0) is 11.2 Å². The van der Waals surface area contributed by atoms with Crippen molar-refractivity contribution in [3.63, 3.8) is 0 Å². The zero-order valence-electron chi connectivity index (χ0n) is 8.59. The second-order valence-electron chi connectivity index (χ2n) is 3.60. The molecule has 0 fully saturated rings. The van der Waals surface area contributed by atoms with Crippen LogP contribution in [0.1, 0.15) is 5.56 Å². The number of carbonyl (C=O) groups is 1. The smallest absolute Gasteiger partial charge is 0.231 e. The van der Waals surface area contributed by atoms with Crippen molar-refractivity contribution in [1.82, 2.24) is 5.32 Å². The van der Waals surface area contributed by atoms with Crippen molar-refractivity contribution >= 4 is 27.5 Å². The third-order valence-electron chi connectivity index (χ3n) is 2.56. The number of benzene rings is 1. The molecule has 1 N–H and O–H groups in total. The number of fused-ring (bicyclic) bond motifs is 1. The molecule has 1 heterocycles. The van der Waals surface area contributed by atoms with Crippen LogP contribution in [-0.4, -0.2) is 26.0 Å². The lowest BCUT2D eigenvalue weighted by Crippen LogP contribution is -2.33. The molecule has 0 atom stereocenters. The van der Waals surface area contributed by atoms with Crippen LogP contribution in [0.15, 0.2) is 22.7 Å². The van der Waals surface area contributed by atoms with Gasteiger partial charge >= 0.3 is 0 Å². The van der Waals surface area contributed by atoms with Gasteiger partial charge in [0, 0.05) is 23.2 Å². The van der Waals surface area contributed by atoms with Gasteiger partial charge in [-0.2, -0.15) is 0 Å². The summed E-state index contributed by atoms with van der Waals surface area (Å²) in [5, 5.41) is 3.05. The van der Waals surface area contributed by atoms with E-state index in [1.807, 2.05) is 30.1 Å². The van der Waals surface area contributed by atoms with Gasteiger partial charge in [0.1, 0.15) is 0 Å². The molecule has 0 saturated carbocycles. The third kappa shape index (κ3) is 2.06. The van der Waals surface area contributed by atoms with Gasteiger partial charge in [-0.15, -0.1) is 0 Å². The van der Waals surface area contributed by atoms with Crippen molar-refractivity contribution in [1.29, 1.82) is 0 Å². The Kier molecular flexibility index (Phi) is 3.07. The van der Waals surface area contributed by atoms with Crippen molar-refractivity contribution in [2.45, 2.75) is 6.42 Å². The molecule has 0 bridgehead atoms. The maximum absolute atomic E-state index is 11.7. The summed E-state index contributed by atoms with van der Waals surface area (Å²) in [5.74, 6) is 0.193. The van der Waals surface area contributed by atoms with E-state index in [0.717, 1.165) is 28.8 Å². The largest absolute Gasteiger partial charge is 0.318 e. The number of carbonyl (C=O) groups excluding carboxylic acids is 1. The lowest BCUT2D eigenvalue weighted by atomic mass is 10.2. The predicted octanol–water partition coefficient (Wildman–Crippen LogP) is 1.56. The molecule has 1 aliphatic heterocycles. The Morgan fingerprint density at radius 2 is 2.33 bits per heavy atom. The van der Waals surface area contributed by atoms with Crippen LogP contribution in [0.2, 0.25) is 0 Å². The minimum Gasteiger partial charge on any atom is -0.318 e. The Balaban J connectivity index is 2.25. The molecular weight excluding hydrogens is 256 g/mol. The van der Waals surface area contributed by atoms with E-state index >= 15 is 0 Å². The highest BCUT2D eigenvalue weighted by Crippen LogP contribution is 2.30. The Hall–Kier alpha value is -0.870. The first-order valence-electron chi connectivity index (χ1n) is 4.96. The zero-order chi connectivity index (χ0) is 10.8. The topological polar surface area (TPSA) is 32.3 Å². The minimum atomic E-state index is 0.193. The van der Waals surface area contributed by atoms with Gasteiger partial charge in [0.2, 0.25) is 5.91 Å². The van der Waals surface area contributed by atoms with Crippen molar-refractivity contribution in [2.24, 2.45) is 0 Å². The van der Waals surface area contributed by atoms with E-state index in [1.165, 1.54) is 0 Å². The lowest BCUT2D eigenvalue weighted by molar-refractivity contribution is -0.117. The fraction of sp³-hybridized carbons (Fsp3) is 0.364. The number of likely N-dealkylation sites (N-methyl/N-ethyl adjacent to an activating group) is 1. The molecule has 2 rings (SSSR count). The molecule has 0 unspecified atom stereocenters. The Morgan fingerprint density at radius 3 is 3.07 bits per heavy atom. The summed E-state index contributed by atoms with van der Waals surface area (Å²) in [6, 6.07) is 6.00. The van der Waals surface area contributed by atoms with E-state index in [9.17, 15) is 4.79 Å². The molecule has 80 valence electrons. The molecule has 0 aromatic heterocycles. The average molecular weight is 269 g/mol. The van der Waals surface area contributed by atoms with Crippen LogP contribution >= 0.6 is 15.9 Å². The van der Waals surface area contributed by atoms with Crippen LogP contribution in [0.25, 0.3) is 0 Å². The quantitative estimate of drug-likeness (QED) is 0.903. The molecule has 0 aliphatic carbocycles. The maximum atomic E-state index is 11.7. The number of amides is 1. The van der Waals surface area contributed by atoms with Crippen LogP contribution in [0.4, 0.5) is 5.69 Å². The first-order valence-corrected chi connectivity index (χ1v) is 5.75. The van der Waals surface area contributed by atoms with Crippen molar-refractivity contribution < 1.29 is 4.79 Å². The molecule has 4 heteroatoms. The highest BCUT2D eigenvalue weighted by atomic mass is 79.9. The SMILES string of the molecule is CNCCN1C(=O)Cc2cc(Br)ccc21. The van der Waals surface area contributed by atoms with Crippen molar-refractivity contribution in [2.75, 3.05) is 25.0 Å². The first-order chi connectivity index (χ1) is 7.22. The summed E-state index contributed by atoms with van der Waals surface area (Å²) in [5.41, 5.74) is 2.17. The first kappa shape index (κ1) is 10.6. The van der Waals surface area contributed by atoms with E-state index in [1.54, 1.807) is 0 Å². The molecule has 0 saturated heterocycles. The second kappa shape index (κ2) is 4.33. The van der Waals surface area contributed by atoms with Gasteiger partial charge in [-0.3, -0.25) is 4.79 Å².